The lowest BCUT2D eigenvalue weighted by molar-refractivity contribution is -0.121. The maximum atomic E-state index is 12.1. The molecule has 0 bridgehead atoms. The molecule has 1 saturated heterocycles. The molecule has 0 aromatic carbocycles. The van der Waals surface area contributed by atoms with Crippen molar-refractivity contribution in [2.24, 2.45) is 0 Å². The van der Waals surface area contributed by atoms with Crippen molar-refractivity contribution < 1.29 is 4.79 Å². The first-order chi connectivity index (χ1) is 12.7. The minimum atomic E-state index is 0.0459. The van der Waals surface area contributed by atoms with E-state index in [9.17, 15) is 4.79 Å². The summed E-state index contributed by atoms with van der Waals surface area (Å²) in [6, 6.07) is 3.94. The van der Waals surface area contributed by atoms with Crippen LogP contribution in [-0.2, 0) is 11.2 Å². The van der Waals surface area contributed by atoms with Crippen molar-refractivity contribution in [1.82, 2.24) is 30.0 Å². The van der Waals surface area contributed by atoms with Gasteiger partial charge in [-0.3, -0.25) is 4.79 Å². The van der Waals surface area contributed by atoms with Gasteiger partial charge in [-0.25, -0.2) is 0 Å². The summed E-state index contributed by atoms with van der Waals surface area (Å²) < 4.78 is 1.77. The summed E-state index contributed by atoms with van der Waals surface area (Å²) in [6.45, 7) is 9.92. The lowest BCUT2D eigenvalue weighted by atomic mass is 10.3. The van der Waals surface area contributed by atoms with Crippen molar-refractivity contribution in [3.63, 3.8) is 0 Å². The third-order valence-electron chi connectivity index (χ3n) is 4.96. The molecule has 1 amide bonds. The summed E-state index contributed by atoms with van der Waals surface area (Å²) in [6.07, 6.45) is 3.36. The van der Waals surface area contributed by atoms with E-state index in [-0.39, 0.29) is 5.91 Å². The van der Waals surface area contributed by atoms with E-state index in [1.807, 2.05) is 12.1 Å². The number of hydrogen-bond donors (Lipinski definition) is 1. The van der Waals surface area contributed by atoms with Crippen molar-refractivity contribution in [3.8, 4) is 0 Å². The molecule has 3 rings (SSSR count). The summed E-state index contributed by atoms with van der Waals surface area (Å²) in [5.41, 5.74) is 0.727. The number of carbonyl (C=O) groups excluding carboxylic acids is 1. The fraction of sp³-hybridized carbons (Fsp3) is 0.667. The van der Waals surface area contributed by atoms with Crippen LogP contribution >= 0.6 is 0 Å². The van der Waals surface area contributed by atoms with Crippen LogP contribution in [0.3, 0.4) is 0 Å². The highest BCUT2D eigenvalue weighted by Crippen LogP contribution is 2.18. The molecule has 1 fully saturated rings. The van der Waals surface area contributed by atoms with E-state index in [1.54, 1.807) is 4.52 Å². The fourth-order valence-corrected chi connectivity index (χ4v) is 3.30. The van der Waals surface area contributed by atoms with Gasteiger partial charge in [0.25, 0.3) is 0 Å². The zero-order valence-corrected chi connectivity index (χ0v) is 15.8. The molecule has 0 atom stereocenters. The molecule has 3 heterocycles. The Hall–Kier alpha value is -2.22. The minimum absolute atomic E-state index is 0.0459. The van der Waals surface area contributed by atoms with Gasteiger partial charge in [-0.2, -0.15) is 4.52 Å². The van der Waals surface area contributed by atoms with Crippen LogP contribution in [0.25, 0.3) is 5.65 Å². The summed E-state index contributed by atoms with van der Waals surface area (Å²) >= 11 is 0. The van der Waals surface area contributed by atoms with Gasteiger partial charge >= 0.3 is 0 Å². The molecule has 0 spiro atoms. The van der Waals surface area contributed by atoms with E-state index < -0.39 is 0 Å². The second-order valence-corrected chi connectivity index (χ2v) is 6.65. The summed E-state index contributed by atoms with van der Waals surface area (Å²) in [4.78, 5) is 16.7. The van der Waals surface area contributed by atoms with Crippen molar-refractivity contribution in [3.05, 3.63) is 18.0 Å². The topological polar surface area (TPSA) is 78.7 Å². The number of hydrogen-bond acceptors (Lipinski definition) is 6. The molecule has 1 aliphatic heterocycles. The lowest BCUT2D eigenvalue weighted by Gasteiger charge is -2.17. The van der Waals surface area contributed by atoms with Crippen molar-refractivity contribution in [1.29, 1.82) is 0 Å². The Kier molecular flexibility index (Phi) is 6.38. The summed E-state index contributed by atoms with van der Waals surface area (Å²) in [5.74, 6) is 1.74. The van der Waals surface area contributed by atoms with Crippen LogP contribution in [0.15, 0.2) is 12.1 Å². The minimum Gasteiger partial charge on any atom is -0.355 e. The lowest BCUT2D eigenvalue weighted by Crippen LogP contribution is -2.34. The molecule has 0 radical (unpaired) electrons. The molecule has 1 aliphatic rings. The summed E-state index contributed by atoms with van der Waals surface area (Å²) in [7, 11) is 0. The fourth-order valence-electron chi connectivity index (χ4n) is 3.30. The van der Waals surface area contributed by atoms with Gasteiger partial charge in [0.1, 0.15) is 5.82 Å². The van der Waals surface area contributed by atoms with E-state index in [0.29, 0.717) is 19.4 Å². The Morgan fingerprint density at radius 1 is 1.19 bits per heavy atom. The van der Waals surface area contributed by atoms with Gasteiger partial charge in [0.05, 0.1) is 0 Å². The third kappa shape index (κ3) is 4.49. The van der Waals surface area contributed by atoms with Crippen LogP contribution in [0.1, 0.15) is 38.9 Å². The van der Waals surface area contributed by atoms with Gasteiger partial charge < -0.3 is 15.1 Å². The van der Waals surface area contributed by atoms with E-state index in [4.69, 9.17) is 0 Å². The Morgan fingerprint density at radius 2 is 1.96 bits per heavy atom. The number of fused-ring (bicyclic) bond motifs is 1. The summed E-state index contributed by atoms with van der Waals surface area (Å²) in [5, 5.41) is 16.0. The molecule has 0 unspecified atom stereocenters. The first-order valence-corrected chi connectivity index (χ1v) is 9.66. The highest BCUT2D eigenvalue weighted by atomic mass is 16.1. The maximum Gasteiger partial charge on any atom is 0.220 e. The van der Waals surface area contributed by atoms with Crippen LogP contribution in [0.5, 0.6) is 0 Å². The van der Waals surface area contributed by atoms with Gasteiger partial charge in [0.15, 0.2) is 11.5 Å². The normalized spacial score (nSPS) is 14.5. The van der Waals surface area contributed by atoms with Crippen molar-refractivity contribution in [2.45, 2.75) is 39.5 Å². The zero-order chi connectivity index (χ0) is 18.4. The van der Waals surface area contributed by atoms with Gasteiger partial charge in [-0.15, -0.1) is 15.3 Å². The van der Waals surface area contributed by atoms with Gasteiger partial charge in [-0.1, -0.05) is 13.8 Å². The van der Waals surface area contributed by atoms with Gasteiger partial charge in [0.2, 0.25) is 5.91 Å². The third-order valence-corrected chi connectivity index (χ3v) is 4.96. The average Bonchev–Trinajstić information content (AvgIpc) is 3.33. The number of amides is 1. The highest BCUT2D eigenvalue weighted by Gasteiger charge is 2.16. The number of aromatic nitrogens is 4. The predicted molar refractivity (Wildman–Crippen MR) is 101 cm³/mol. The number of rotatable bonds is 9. The van der Waals surface area contributed by atoms with E-state index in [1.165, 1.54) is 12.8 Å². The second kappa shape index (κ2) is 8.93. The van der Waals surface area contributed by atoms with Gasteiger partial charge in [-0.05, 0) is 38.1 Å². The molecule has 26 heavy (non-hydrogen) atoms. The molecule has 0 aliphatic carbocycles. The second-order valence-electron chi connectivity index (χ2n) is 6.65. The largest absolute Gasteiger partial charge is 0.355 e. The number of carbonyl (C=O) groups is 1. The molecule has 142 valence electrons. The van der Waals surface area contributed by atoms with Crippen molar-refractivity contribution in [2.75, 3.05) is 44.2 Å². The Bertz CT molecular complexity index is 719. The predicted octanol–water partition coefficient (Wildman–Crippen LogP) is 1.12. The van der Waals surface area contributed by atoms with E-state index in [2.05, 4.69) is 44.3 Å². The molecule has 8 nitrogen and oxygen atoms in total. The van der Waals surface area contributed by atoms with Gasteiger partial charge in [0, 0.05) is 39.0 Å². The Morgan fingerprint density at radius 3 is 2.69 bits per heavy atom. The molecule has 0 saturated carbocycles. The maximum absolute atomic E-state index is 12.1. The first-order valence-electron chi connectivity index (χ1n) is 9.66. The smallest absolute Gasteiger partial charge is 0.220 e. The van der Waals surface area contributed by atoms with Crippen LogP contribution in [0.2, 0.25) is 0 Å². The Labute approximate surface area is 154 Å². The van der Waals surface area contributed by atoms with E-state index in [0.717, 1.165) is 50.0 Å². The monoisotopic (exact) mass is 359 g/mol. The molecule has 1 N–H and O–H groups in total. The quantitative estimate of drug-likeness (QED) is 0.723. The number of anilines is 1. The van der Waals surface area contributed by atoms with Crippen LogP contribution in [0, 0.1) is 0 Å². The molecular weight excluding hydrogens is 330 g/mol. The van der Waals surface area contributed by atoms with Crippen LogP contribution < -0.4 is 10.2 Å². The Balaban J connectivity index is 1.55. The molecule has 2 aromatic heterocycles. The van der Waals surface area contributed by atoms with Crippen LogP contribution in [0.4, 0.5) is 5.82 Å². The van der Waals surface area contributed by atoms with Crippen LogP contribution in [-0.4, -0.2) is 69.9 Å². The standard InChI is InChI=1S/C18H29N7O/c1-3-23(4-2)14-11-19-18(26)10-9-16-21-20-15-7-8-17(22-25(15)16)24-12-5-6-13-24/h7-8H,3-6,9-14H2,1-2H3,(H,19,26). The zero-order valence-electron chi connectivity index (χ0n) is 15.8. The first kappa shape index (κ1) is 18.6. The SMILES string of the molecule is CCN(CC)CCNC(=O)CCc1nnc2ccc(N3CCCC3)nn12. The highest BCUT2D eigenvalue weighted by molar-refractivity contribution is 5.76. The number of nitrogens with one attached hydrogen (secondary N) is 1. The number of nitrogens with zero attached hydrogens (tertiary/aromatic N) is 6. The van der Waals surface area contributed by atoms with E-state index >= 15 is 0 Å². The van der Waals surface area contributed by atoms with Crippen molar-refractivity contribution >= 4 is 17.4 Å². The molecule has 8 heteroatoms. The average molecular weight is 359 g/mol. The molecular formula is C18H29N7O. The number of likely N-dealkylation sites (N-methyl/N-ethyl adjacent to an activating group) is 1. The number of aryl methyl sites for hydroxylation is 1. The molecule has 2 aromatic rings.